The molecule has 5 rings (SSSR count). The topological polar surface area (TPSA) is 71.1 Å². The van der Waals surface area contributed by atoms with Gasteiger partial charge in [-0.1, -0.05) is 6.58 Å². The number of nitrogens with zero attached hydrogens (tertiary/aromatic N) is 2. The molecule has 1 N–H and O–H groups in total. The number of ether oxygens (including phenoxy) is 2. The fraction of sp³-hybridized carbons (Fsp3) is 0.565. The van der Waals surface area contributed by atoms with Crippen molar-refractivity contribution >= 4 is 11.8 Å². The summed E-state index contributed by atoms with van der Waals surface area (Å²) in [5.41, 5.74) is 2.34. The largest absolute Gasteiger partial charge is 0.489 e. The molecule has 1 aromatic rings. The number of carbonyl (C=O) groups excluding carboxylic acids is 2. The Morgan fingerprint density at radius 1 is 1.13 bits per heavy atom. The Hall–Kier alpha value is -2.38. The third-order valence-corrected chi connectivity index (χ3v) is 6.83. The second-order valence-corrected chi connectivity index (χ2v) is 8.70. The number of fused-ring (bicyclic) bond motifs is 1. The third kappa shape index (κ3) is 3.61. The molecule has 3 heterocycles. The van der Waals surface area contributed by atoms with Crippen LogP contribution in [0.15, 0.2) is 30.5 Å². The van der Waals surface area contributed by atoms with Gasteiger partial charge in [-0.3, -0.25) is 14.5 Å². The van der Waals surface area contributed by atoms with Crippen molar-refractivity contribution in [3.63, 3.8) is 0 Å². The number of piperidine rings is 1. The number of benzene rings is 1. The van der Waals surface area contributed by atoms with Crippen molar-refractivity contribution < 1.29 is 19.1 Å². The summed E-state index contributed by atoms with van der Waals surface area (Å²) in [5.74, 6) is 0.606. The first-order chi connectivity index (χ1) is 14.6. The molecule has 160 valence electrons. The second-order valence-electron chi connectivity index (χ2n) is 8.70. The fourth-order valence-corrected chi connectivity index (χ4v) is 5.25. The van der Waals surface area contributed by atoms with Crippen LogP contribution in [-0.2, 0) is 16.1 Å². The van der Waals surface area contributed by atoms with Gasteiger partial charge in [0.1, 0.15) is 17.9 Å². The summed E-state index contributed by atoms with van der Waals surface area (Å²) in [4.78, 5) is 29.4. The SMILES string of the molecule is C=C1CCC(N2Cc3cc(O[C@@H]4CCC[C@H]4N4CCOCC4)ccc3C2=O)C(=O)N1. The van der Waals surface area contributed by atoms with Crippen LogP contribution in [0.4, 0.5) is 0 Å². The number of hydrogen-bond acceptors (Lipinski definition) is 5. The molecule has 0 aromatic heterocycles. The van der Waals surface area contributed by atoms with Crippen LogP contribution in [0.3, 0.4) is 0 Å². The molecule has 3 fully saturated rings. The molecule has 1 aromatic carbocycles. The smallest absolute Gasteiger partial charge is 0.255 e. The van der Waals surface area contributed by atoms with Gasteiger partial charge in [-0.2, -0.15) is 0 Å². The van der Waals surface area contributed by atoms with Crippen molar-refractivity contribution in [2.45, 2.75) is 56.8 Å². The van der Waals surface area contributed by atoms with E-state index in [2.05, 4.69) is 16.8 Å². The van der Waals surface area contributed by atoms with Crippen LogP contribution in [-0.4, -0.2) is 66.1 Å². The molecule has 0 radical (unpaired) electrons. The van der Waals surface area contributed by atoms with E-state index in [1.54, 1.807) is 4.90 Å². The normalized spacial score (nSPS) is 29.8. The summed E-state index contributed by atoms with van der Waals surface area (Å²) in [7, 11) is 0. The first kappa shape index (κ1) is 19.6. The zero-order valence-corrected chi connectivity index (χ0v) is 17.3. The summed E-state index contributed by atoms with van der Waals surface area (Å²) in [6, 6.07) is 5.74. The van der Waals surface area contributed by atoms with E-state index < -0.39 is 6.04 Å². The maximum absolute atomic E-state index is 12.9. The molecule has 1 saturated carbocycles. The minimum Gasteiger partial charge on any atom is -0.489 e. The van der Waals surface area contributed by atoms with Gasteiger partial charge in [0.05, 0.1) is 13.2 Å². The summed E-state index contributed by atoms with van der Waals surface area (Å²) in [6.45, 7) is 7.79. The number of allylic oxidation sites excluding steroid dienone is 1. The molecule has 1 aliphatic carbocycles. The van der Waals surface area contributed by atoms with E-state index in [0.29, 0.717) is 31.0 Å². The van der Waals surface area contributed by atoms with E-state index in [4.69, 9.17) is 9.47 Å². The zero-order valence-electron chi connectivity index (χ0n) is 17.3. The average molecular weight is 412 g/mol. The van der Waals surface area contributed by atoms with E-state index >= 15 is 0 Å². The third-order valence-electron chi connectivity index (χ3n) is 6.83. The van der Waals surface area contributed by atoms with Gasteiger partial charge >= 0.3 is 0 Å². The van der Waals surface area contributed by atoms with Crippen molar-refractivity contribution in [2.24, 2.45) is 0 Å². The van der Waals surface area contributed by atoms with Crippen LogP contribution in [0.5, 0.6) is 5.75 Å². The van der Waals surface area contributed by atoms with Gasteiger partial charge in [-0.05, 0) is 55.9 Å². The molecule has 4 aliphatic rings. The van der Waals surface area contributed by atoms with Crippen molar-refractivity contribution in [3.8, 4) is 5.75 Å². The number of nitrogens with one attached hydrogen (secondary N) is 1. The molecule has 0 spiro atoms. The Kier molecular flexibility index (Phi) is 5.25. The highest BCUT2D eigenvalue weighted by atomic mass is 16.5. The van der Waals surface area contributed by atoms with Gasteiger partial charge < -0.3 is 19.7 Å². The monoisotopic (exact) mass is 411 g/mol. The van der Waals surface area contributed by atoms with E-state index in [9.17, 15) is 9.59 Å². The molecular weight excluding hydrogens is 382 g/mol. The summed E-state index contributed by atoms with van der Waals surface area (Å²) < 4.78 is 11.9. The minimum absolute atomic E-state index is 0.0729. The lowest BCUT2D eigenvalue weighted by Gasteiger charge is -2.35. The predicted octanol–water partition coefficient (Wildman–Crippen LogP) is 2.07. The van der Waals surface area contributed by atoms with Gasteiger partial charge in [0, 0.05) is 36.9 Å². The Morgan fingerprint density at radius 3 is 2.77 bits per heavy atom. The maximum Gasteiger partial charge on any atom is 0.255 e. The number of rotatable bonds is 4. The van der Waals surface area contributed by atoms with Gasteiger partial charge in [0.2, 0.25) is 5.91 Å². The lowest BCUT2D eigenvalue weighted by molar-refractivity contribution is -0.126. The summed E-state index contributed by atoms with van der Waals surface area (Å²) in [5, 5.41) is 2.78. The number of carbonyl (C=O) groups is 2. The van der Waals surface area contributed by atoms with Crippen molar-refractivity contribution in [3.05, 3.63) is 41.6 Å². The van der Waals surface area contributed by atoms with Crippen LogP contribution >= 0.6 is 0 Å². The Bertz CT molecular complexity index is 864. The predicted molar refractivity (Wildman–Crippen MR) is 111 cm³/mol. The van der Waals surface area contributed by atoms with Crippen LogP contribution in [0.1, 0.15) is 48.0 Å². The molecule has 0 bridgehead atoms. The van der Waals surface area contributed by atoms with Crippen LogP contribution in [0.25, 0.3) is 0 Å². The molecule has 7 nitrogen and oxygen atoms in total. The van der Waals surface area contributed by atoms with Gasteiger partial charge in [-0.15, -0.1) is 0 Å². The highest BCUT2D eigenvalue weighted by molar-refractivity contribution is 6.01. The van der Waals surface area contributed by atoms with Crippen molar-refractivity contribution in [2.75, 3.05) is 26.3 Å². The highest BCUT2D eigenvalue weighted by Gasteiger charge is 2.39. The van der Waals surface area contributed by atoms with Crippen LogP contribution in [0, 0.1) is 0 Å². The molecule has 1 unspecified atom stereocenters. The number of morpholine rings is 1. The first-order valence-corrected chi connectivity index (χ1v) is 11.0. The zero-order chi connectivity index (χ0) is 20.7. The standard InChI is InChI=1S/C23H29N3O4/c1-15-5-8-20(22(27)24-15)26-14-16-13-17(6-7-18(16)23(26)28)30-21-4-2-3-19(21)25-9-11-29-12-10-25/h6-7,13,19-21H,1-5,8-12,14H2,(H,24,27)/t19-,20?,21-/m1/s1. The summed E-state index contributed by atoms with van der Waals surface area (Å²) in [6.07, 6.45) is 4.88. The van der Waals surface area contributed by atoms with Gasteiger partial charge in [0.25, 0.3) is 5.91 Å². The molecule has 7 heteroatoms. The van der Waals surface area contributed by atoms with Crippen molar-refractivity contribution in [1.29, 1.82) is 0 Å². The number of amides is 2. The van der Waals surface area contributed by atoms with Crippen LogP contribution < -0.4 is 10.1 Å². The highest BCUT2D eigenvalue weighted by Crippen LogP contribution is 2.33. The second kappa shape index (κ2) is 8.04. The lowest BCUT2D eigenvalue weighted by Crippen LogP contribution is -2.49. The quantitative estimate of drug-likeness (QED) is 0.821. The Morgan fingerprint density at radius 2 is 1.97 bits per heavy atom. The van der Waals surface area contributed by atoms with E-state index in [1.165, 1.54) is 6.42 Å². The van der Waals surface area contributed by atoms with Gasteiger partial charge in [0.15, 0.2) is 0 Å². The Labute approximate surface area is 177 Å². The molecule has 3 aliphatic heterocycles. The maximum atomic E-state index is 12.9. The molecular formula is C23H29N3O4. The minimum atomic E-state index is -0.430. The van der Waals surface area contributed by atoms with E-state index in [-0.39, 0.29) is 17.9 Å². The molecule has 3 atom stereocenters. The van der Waals surface area contributed by atoms with Crippen molar-refractivity contribution in [1.82, 2.24) is 15.1 Å². The fourth-order valence-electron chi connectivity index (χ4n) is 5.25. The lowest BCUT2D eigenvalue weighted by atomic mass is 10.0. The number of hydrogen-bond donors (Lipinski definition) is 1. The first-order valence-electron chi connectivity index (χ1n) is 11.0. The van der Waals surface area contributed by atoms with Crippen LogP contribution in [0.2, 0.25) is 0 Å². The van der Waals surface area contributed by atoms with E-state index in [0.717, 1.165) is 56.2 Å². The molecule has 2 saturated heterocycles. The summed E-state index contributed by atoms with van der Waals surface area (Å²) >= 11 is 0. The average Bonchev–Trinajstić information content (AvgIpc) is 3.33. The van der Waals surface area contributed by atoms with E-state index in [1.807, 2.05) is 18.2 Å². The van der Waals surface area contributed by atoms with Gasteiger partial charge in [-0.25, -0.2) is 0 Å². The molecule has 30 heavy (non-hydrogen) atoms. The Balaban J connectivity index is 1.28. The molecule has 2 amide bonds.